The molecule has 1 saturated heterocycles. The molecule has 2 aromatic rings. The van der Waals surface area contributed by atoms with E-state index < -0.39 is 0 Å². The van der Waals surface area contributed by atoms with E-state index in [1.807, 2.05) is 26.0 Å². The molecule has 3 rings (SSSR count). The van der Waals surface area contributed by atoms with Gasteiger partial charge in [0.25, 0.3) is 0 Å². The van der Waals surface area contributed by atoms with Crippen LogP contribution < -0.4 is 15.0 Å². The minimum absolute atomic E-state index is 0.451. The topological polar surface area (TPSA) is 66.1 Å². The van der Waals surface area contributed by atoms with Gasteiger partial charge in [0.1, 0.15) is 18.1 Å². The number of methoxy groups -OCH3 is 1. The number of guanidine groups is 1. The van der Waals surface area contributed by atoms with Gasteiger partial charge in [-0.1, -0.05) is 6.07 Å². The summed E-state index contributed by atoms with van der Waals surface area (Å²) in [4.78, 5) is 13.8. The maximum atomic E-state index is 5.64. The van der Waals surface area contributed by atoms with Gasteiger partial charge >= 0.3 is 0 Å². The molecule has 0 saturated carbocycles. The van der Waals surface area contributed by atoms with E-state index in [0.29, 0.717) is 12.4 Å². The van der Waals surface area contributed by atoms with Crippen molar-refractivity contribution < 1.29 is 9.15 Å². The maximum absolute atomic E-state index is 5.64. The zero-order valence-electron chi connectivity index (χ0n) is 16.7. The number of oxazole rings is 1. The Morgan fingerprint density at radius 3 is 2.67 bits per heavy atom. The third kappa shape index (κ3) is 4.72. The number of nitrogens with one attached hydrogen (secondary N) is 1. The van der Waals surface area contributed by atoms with E-state index in [2.05, 4.69) is 39.2 Å². The Hall–Kier alpha value is -2.70. The number of ether oxygens (including phenoxy) is 1. The summed E-state index contributed by atoms with van der Waals surface area (Å²) in [5, 5.41) is 3.38. The Morgan fingerprint density at radius 1 is 1.26 bits per heavy atom. The molecule has 0 radical (unpaired) electrons. The first-order chi connectivity index (χ1) is 13.1. The third-order valence-electron chi connectivity index (χ3n) is 4.77. The summed E-state index contributed by atoms with van der Waals surface area (Å²) in [6.07, 6.45) is 0. The minimum Gasteiger partial charge on any atom is -0.497 e. The van der Waals surface area contributed by atoms with Gasteiger partial charge in [-0.05, 0) is 32.9 Å². The molecule has 1 aliphatic heterocycles. The second-order valence-electron chi connectivity index (χ2n) is 6.59. The molecule has 1 aromatic heterocycles. The highest BCUT2D eigenvalue weighted by atomic mass is 16.5. The summed E-state index contributed by atoms with van der Waals surface area (Å²) in [5.74, 6) is 3.32. The van der Waals surface area contributed by atoms with Crippen molar-refractivity contribution in [3.8, 4) is 5.75 Å². The van der Waals surface area contributed by atoms with E-state index in [1.54, 1.807) is 7.11 Å². The maximum Gasteiger partial charge on any atom is 0.216 e. The average molecular weight is 371 g/mol. The number of hydrogen-bond donors (Lipinski definition) is 1. The Labute approximate surface area is 161 Å². The Morgan fingerprint density at radius 2 is 2.04 bits per heavy atom. The van der Waals surface area contributed by atoms with Gasteiger partial charge in [0.15, 0.2) is 5.96 Å². The predicted octanol–water partition coefficient (Wildman–Crippen LogP) is 2.59. The van der Waals surface area contributed by atoms with Gasteiger partial charge in [-0.15, -0.1) is 0 Å². The molecular weight excluding hydrogens is 342 g/mol. The Kier molecular flexibility index (Phi) is 6.21. The lowest BCUT2D eigenvalue weighted by molar-refractivity contribution is 0.370. The van der Waals surface area contributed by atoms with E-state index >= 15 is 0 Å². The van der Waals surface area contributed by atoms with Gasteiger partial charge in [-0.3, -0.25) is 0 Å². The van der Waals surface area contributed by atoms with Gasteiger partial charge in [0.05, 0.1) is 12.8 Å². The number of aryl methyl sites for hydroxylation is 2. The predicted molar refractivity (Wildman–Crippen MR) is 108 cm³/mol. The van der Waals surface area contributed by atoms with Gasteiger partial charge in [-0.2, -0.15) is 0 Å². The molecule has 1 aromatic carbocycles. The number of aromatic nitrogens is 1. The largest absolute Gasteiger partial charge is 0.497 e. The summed E-state index contributed by atoms with van der Waals surface area (Å²) >= 11 is 0. The van der Waals surface area contributed by atoms with Crippen molar-refractivity contribution in [1.29, 1.82) is 0 Å². The number of anilines is 1. The number of hydrogen-bond acceptors (Lipinski definition) is 5. The SMILES string of the molecule is CCNC(=NCc1nc(C)c(C)o1)N1CCN(c2cccc(OC)c2)CC1. The zero-order chi connectivity index (χ0) is 19.2. The monoisotopic (exact) mass is 371 g/mol. The van der Waals surface area contributed by atoms with E-state index in [-0.39, 0.29) is 0 Å². The number of nitrogens with zero attached hydrogens (tertiary/aromatic N) is 4. The fourth-order valence-electron chi connectivity index (χ4n) is 3.16. The van der Waals surface area contributed by atoms with E-state index in [9.17, 15) is 0 Å². The molecule has 0 unspecified atom stereocenters. The zero-order valence-corrected chi connectivity index (χ0v) is 16.7. The molecule has 1 N–H and O–H groups in total. The molecule has 146 valence electrons. The van der Waals surface area contributed by atoms with Crippen molar-refractivity contribution in [2.45, 2.75) is 27.3 Å². The van der Waals surface area contributed by atoms with E-state index in [4.69, 9.17) is 14.1 Å². The first kappa shape index (κ1) is 19.1. The lowest BCUT2D eigenvalue weighted by Gasteiger charge is -2.37. The molecule has 1 fully saturated rings. The van der Waals surface area contributed by atoms with Gasteiger partial charge in [0, 0.05) is 44.5 Å². The van der Waals surface area contributed by atoms with Crippen molar-refractivity contribution in [1.82, 2.24) is 15.2 Å². The standard InChI is InChI=1S/C20H29N5O2/c1-5-21-20(22-14-19-23-15(2)16(3)27-19)25-11-9-24(10-12-25)17-7-6-8-18(13-17)26-4/h6-8,13H,5,9-12,14H2,1-4H3,(H,21,22). The molecule has 1 aliphatic rings. The molecule has 0 atom stereocenters. The van der Waals surface area contributed by atoms with Crippen LogP contribution in [0.3, 0.4) is 0 Å². The Balaban J connectivity index is 1.63. The molecular formula is C20H29N5O2. The number of aliphatic imine (C=N–C) groups is 1. The third-order valence-corrected chi connectivity index (χ3v) is 4.77. The van der Waals surface area contributed by atoms with Crippen LogP contribution in [0, 0.1) is 13.8 Å². The fourth-order valence-corrected chi connectivity index (χ4v) is 3.16. The van der Waals surface area contributed by atoms with Crippen molar-refractivity contribution in [3.63, 3.8) is 0 Å². The first-order valence-electron chi connectivity index (χ1n) is 9.46. The number of piperazine rings is 1. The van der Waals surface area contributed by atoms with Gasteiger partial charge < -0.3 is 24.3 Å². The van der Waals surface area contributed by atoms with E-state index in [1.165, 1.54) is 5.69 Å². The van der Waals surface area contributed by atoms with E-state index in [0.717, 1.165) is 55.9 Å². The molecule has 7 nitrogen and oxygen atoms in total. The number of rotatable bonds is 5. The highest BCUT2D eigenvalue weighted by Gasteiger charge is 2.20. The van der Waals surface area contributed by atoms with Gasteiger partial charge in [0.2, 0.25) is 5.89 Å². The molecule has 7 heteroatoms. The van der Waals surface area contributed by atoms with Crippen LogP contribution in [0.25, 0.3) is 0 Å². The Bertz CT molecular complexity index is 759. The smallest absolute Gasteiger partial charge is 0.216 e. The lowest BCUT2D eigenvalue weighted by atomic mass is 10.2. The van der Waals surface area contributed by atoms with Crippen LogP contribution in [0.5, 0.6) is 5.75 Å². The van der Waals surface area contributed by atoms with Gasteiger partial charge in [-0.25, -0.2) is 9.98 Å². The highest BCUT2D eigenvalue weighted by Crippen LogP contribution is 2.22. The number of benzene rings is 1. The van der Waals surface area contributed by atoms with Crippen LogP contribution >= 0.6 is 0 Å². The van der Waals surface area contributed by atoms with Crippen molar-refractivity contribution in [3.05, 3.63) is 41.6 Å². The molecule has 0 aliphatic carbocycles. The summed E-state index contributed by atoms with van der Waals surface area (Å²) in [6.45, 7) is 10.9. The van der Waals surface area contributed by atoms with Crippen molar-refractivity contribution in [2.75, 3.05) is 44.7 Å². The second kappa shape index (κ2) is 8.79. The second-order valence-corrected chi connectivity index (χ2v) is 6.59. The van der Waals surface area contributed by atoms with Crippen molar-refractivity contribution in [2.24, 2.45) is 4.99 Å². The van der Waals surface area contributed by atoms with Crippen LogP contribution in [-0.4, -0.2) is 55.7 Å². The fraction of sp³-hybridized carbons (Fsp3) is 0.500. The van der Waals surface area contributed by atoms with Crippen molar-refractivity contribution >= 4 is 11.6 Å². The first-order valence-corrected chi connectivity index (χ1v) is 9.46. The molecule has 0 amide bonds. The molecule has 0 bridgehead atoms. The van der Waals surface area contributed by atoms with Crippen LogP contribution in [-0.2, 0) is 6.54 Å². The quantitative estimate of drug-likeness (QED) is 0.644. The minimum atomic E-state index is 0.451. The van der Waals surface area contributed by atoms with Crippen LogP contribution in [0.15, 0.2) is 33.7 Å². The molecule has 2 heterocycles. The summed E-state index contributed by atoms with van der Waals surface area (Å²) in [7, 11) is 1.70. The normalized spacial score (nSPS) is 15.2. The van der Waals surface area contributed by atoms with Crippen LogP contribution in [0.1, 0.15) is 24.3 Å². The summed E-state index contributed by atoms with van der Waals surface area (Å²) in [6, 6.07) is 8.22. The average Bonchev–Trinajstić information content (AvgIpc) is 3.03. The highest BCUT2D eigenvalue weighted by molar-refractivity contribution is 5.80. The molecule has 0 spiro atoms. The van der Waals surface area contributed by atoms with Crippen LogP contribution in [0.2, 0.25) is 0 Å². The molecule has 27 heavy (non-hydrogen) atoms. The lowest BCUT2D eigenvalue weighted by Crippen LogP contribution is -2.52. The summed E-state index contributed by atoms with van der Waals surface area (Å²) < 4.78 is 11.0. The van der Waals surface area contributed by atoms with Crippen LogP contribution in [0.4, 0.5) is 5.69 Å². The summed E-state index contributed by atoms with van der Waals surface area (Å²) in [5.41, 5.74) is 2.12.